The van der Waals surface area contributed by atoms with Crippen LogP contribution in [-0.4, -0.2) is 24.0 Å². The SMILES string of the molecule is C/C=C\C/C=C\CC(C)(C)c1ncc(CN(C)C)o1. The van der Waals surface area contributed by atoms with Crippen LogP contribution in [0.2, 0.25) is 0 Å². The average Bonchev–Trinajstić information content (AvgIpc) is 2.77. The molecule has 0 saturated heterocycles. The molecule has 0 spiro atoms. The van der Waals surface area contributed by atoms with E-state index in [0.717, 1.165) is 31.0 Å². The van der Waals surface area contributed by atoms with Gasteiger partial charge in [0.1, 0.15) is 5.76 Å². The van der Waals surface area contributed by atoms with Gasteiger partial charge < -0.3 is 9.32 Å². The second kappa shape index (κ2) is 7.29. The molecule has 3 nitrogen and oxygen atoms in total. The third-order valence-corrected chi connectivity index (χ3v) is 2.91. The second-order valence-electron chi connectivity index (χ2n) is 5.73. The first-order chi connectivity index (χ1) is 8.95. The molecule has 0 aromatic carbocycles. The monoisotopic (exact) mass is 262 g/mol. The lowest BCUT2D eigenvalue weighted by Gasteiger charge is -2.18. The zero-order valence-electron chi connectivity index (χ0n) is 12.8. The largest absolute Gasteiger partial charge is 0.444 e. The normalized spacial score (nSPS) is 13.2. The highest BCUT2D eigenvalue weighted by Crippen LogP contribution is 2.27. The average molecular weight is 262 g/mol. The predicted octanol–water partition coefficient (Wildman–Crippen LogP) is 3.93. The highest BCUT2D eigenvalue weighted by atomic mass is 16.4. The number of oxazole rings is 1. The molecule has 0 aliphatic rings. The van der Waals surface area contributed by atoms with E-state index in [1.807, 2.05) is 27.2 Å². The topological polar surface area (TPSA) is 29.3 Å². The van der Waals surface area contributed by atoms with Crippen molar-refractivity contribution in [3.05, 3.63) is 42.2 Å². The maximum Gasteiger partial charge on any atom is 0.200 e. The summed E-state index contributed by atoms with van der Waals surface area (Å²) < 4.78 is 5.84. The van der Waals surface area contributed by atoms with Crippen LogP contribution in [0.1, 0.15) is 45.3 Å². The Morgan fingerprint density at radius 1 is 1.26 bits per heavy atom. The molecule has 106 valence electrons. The lowest BCUT2D eigenvalue weighted by molar-refractivity contribution is 0.310. The number of hydrogen-bond acceptors (Lipinski definition) is 3. The minimum atomic E-state index is -0.0585. The van der Waals surface area contributed by atoms with Crippen LogP contribution in [0.3, 0.4) is 0 Å². The lowest BCUT2D eigenvalue weighted by Crippen LogP contribution is -2.16. The van der Waals surface area contributed by atoms with Gasteiger partial charge >= 0.3 is 0 Å². The third kappa shape index (κ3) is 5.43. The minimum absolute atomic E-state index is 0.0585. The summed E-state index contributed by atoms with van der Waals surface area (Å²) >= 11 is 0. The van der Waals surface area contributed by atoms with Crippen molar-refractivity contribution in [1.29, 1.82) is 0 Å². The van der Waals surface area contributed by atoms with Crippen LogP contribution in [0.5, 0.6) is 0 Å². The van der Waals surface area contributed by atoms with Crippen LogP contribution in [0.25, 0.3) is 0 Å². The Labute approximate surface area is 117 Å². The van der Waals surface area contributed by atoms with Crippen molar-refractivity contribution in [2.75, 3.05) is 14.1 Å². The third-order valence-electron chi connectivity index (χ3n) is 2.91. The van der Waals surface area contributed by atoms with E-state index in [2.05, 4.69) is 48.0 Å². The van der Waals surface area contributed by atoms with Crippen molar-refractivity contribution in [3.63, 3.8) is 0 Å². The molecule has 1 heterocycles. The van der Waals surface area contributed by atoms with E-state index in [-0.39, 0.29) is 5.41 Å². The summed E-state index contributed by atoms with van der Waals surface area (Å²) in [6.07, 6.45) is 12.4. The van der Waals surface area contributed by atoms with Crippen molar-refractivity contribution in [2.24, 2.45) is 0 Å². The van der Waals surface area contributed by atoms with Crippen LogP contribution in [0.15, 0.2) is 34.9 Å². The van der Waals surface area contributed by atoms with E-state index in [1.165, 1.54) is 0 Å². The van der Waals surface area contributed by atoms with Crippen LogP contribution in [0.4, 0.5) is 0 Å². The van der Waals surface area contributed by atoms with Gasteiger partial charge in [-0.15, -0.1) is 0 Å². The molecule has 0 aliphatic carbocycles. The molecule has 0 N–H and O–H groups in total. The van der Waals surface area contributed by atoms with Gasteiger partial charge in [-0.25, -0.2) is 4.98 Å². The van der Waals surface area contributed by atoms with Gasteiger partial charge in [0.2, 0.25) is 0 Å². The first kappa shape index (κ1) is 15.7. The first-order valence-electron chi connectivity index (χ1n) is 6.82. The van der Waals surface area contributed by atoms with Gasteiger partial charge in [-0.1, -0.05) is 38.2 Å². The van der Waals surface area contributed by atoms with Crippen molar-refractivity contribution in [2.45, 2.75) is 45.6 Å². The van der Waals surface area contributed by atoms with E-state index in [9.17, 15) is 0 Å². The standard InChI is InChI=1S/C16H26N2O/c1-6-7-8-9-10-11-16(2,3)15-17-12-14(19-15)13-18(4)5/h6-7,9-10,12H,8,11,13H2,1-5H3/b7-6-,10-9-. The molecule has 1 aromatic rings. The molecule has 0 fully saturated rings. The quantitative estimate of drug-likeness (QED) is 0.697. The zero-order valence-corrected chi connectivity index (χ0v) is 12.8. The molecule has 0 radical (unpaired) electrons. The number of aromatic nitrogens is 1. The molecule has 1 rings (SSSR count). The molecule has 1 aromatic heterocycles. The fraction of sp³-hybridized carbons (Fsp3) is 0.562. The van der Waals surface area contributed by atoms with Crippen LogP contribution < -0.4 is 0 Å². The van der Waals surface area contributed by atoms with Gasteiger partial charge in [0, 0.05) is 5.41 Å². The Balaban J connectivity index is 2.60. The van der Waals surface area contributed by atoms with Crippen molar-refractivity contribution in [1.82, 2.24) is 9.88 Å². The fourth-order valence-corrected chi connectivity index (χ4v) is 1.78. The highest BCUT2D eigenvalue weighted by molar-refractivity contribution is 5.07. The fourth-order valence-electron chi connectivity index (χ4n) is 1.78. The van der Waals surface area contributed by atoms with Gasteiger partial charge in [0.05, 0.1) is 12.7 Å². The van der Waals surface area contributed by atoms with Gasteiger partial charge in [0.25, 0.3) is 0 Å². The Kier molecular flexibility index (Phi) is 6.03. The summed E-state index contributed by atoms with van der Waals surface area (Å²) in [5.74, 6) is 1.74. The van der Waals surface area contributed by atoms with Gasteiger partial charge in [0.15, 0.2) is 5.89 Å². The summed E-state index contributed by atoms with van der Waals surface area (Å²) in [4.78, 5) is 6.49. The van der Waals surface area contributed by atoms with Gasteiger partial charge in [-0.2, -0.15) is 0 Å². The number of hydrogen-bond donors (Lipinski definition) is 0. The summed E-state index contributed by atoms with van der Waals surface area (Å²) in [5.41, 5.74) is -0.0585. The van der Waals surface area contributed by atoms with E-state index in [4.69, 9.17) is 4.42 Å². The number of nitrogens with zero attached hydrogens (tertiary/aromatic N) is 2. The van der Waals surface area contributed by atoms with Crippen molar-refractivity contribution < 1.29 is 4.42 Å². The molecule has 3 heteroatoms. The Morgan fingerprint density at radius 3 is 2.63 bits per heavy atom. The van der Waals surface area contributed by atoms with Crippen LogP contribution >= 0.6 is 0 Å². The molecule has 0 atom stereocenters. The summed E-state index contributed by atoms with van der Waals surface area (Å²) in [6.45, 7) is 7.16. The molecular formula is C16H26N2O. The molecule has 0 aliphatic heterocycles. The number of allylic oxidation sites excluding steroid dienone is 4. The zero-order chi connectivity index (χ0) is 14.3. The Bertz CT molecular complexity index is 428. The van der Waals surface area contributed by atoms with E-state index < -0.39 is 0 Å². The first-order valence-corrected chi connectivity index (χ1v) is 6.82. The predicted molar refractivity (Wildman–Crippen MR) is 80.1 cm³/mol. The molecule has 0 amide bonds. The van der Waals surface area contributed by atoms with E-state index in [0.29, 0.717) is 0 Å². The van der Waals surface area contributed by atoms with E-state index >= 15 is 0 Å². The Morgan fingerprint density at radius 2 is 2.00 bits per heavy atom. The Hall–Kier alpha value is -1.35. The van der Waals surface area contributed by atoms with Gasteiger partial charge in [-0.3, -0.25) is 0 Å². The van der Waals surface area contributed by atoms with Crippen LogP contribution in [-0.2, 0) is 12.0 Å². The summed E-state index contributed by atoms with van der Waals surface area (Å²) in [5, 5.41) is 0. The highest BCUT2D eigenvalue weighted by Gasteiger charge is 2.25. The molecular weight excluding hydrogens is 236 g/mol. The smallest absolute Gasteiger partial charge is 0.200 e. The summed E-state index contributed by atoms with van der Waals surface area (Å²) in [7, 11) is 4.05. The van der Waals surface area contributed by atoms with Gasteiger partial charge in [-0.05, 0) is 33.9 Å². The molecule has 0 unspecified atom stereocenters. The second-order valence-corrected chi connectivity index (χ2v) is 5.73. The summed E-state index contributed by atoms with van der Waals surface area (Å²) in [6, 6.07) is 0. The molecule has 0 bridgehead atoms. The maximum atomic E-state index is 5.84. The van der Waals surface area contributed by atoms with Crippen molar-refractivity contribution >= 4 is 0 Å². The van der Waals surface area contributed by atoms with Crippen LogP contribution in [0, 0.1) is 0 Å². The van der Waals surface area contributed by atoms with Crippen molar-refractivity contribution in [3.8, 4) is 0 Å². The minimum Gasteiger partial charge on any atom is -0.444 e. The lowest BCUT2D eigenvalue weighted by atomic mass is 9.89. The molecule has 19 heavy (non-hydrogen) atoms. The maximum absolute atomic E-state index is 5.84. The molecule has 0 saturated carbocycles. The van der Waals surface area contributed by atoms with E-state index in [1.54, 1.807) is 0 Å². The number of rotatable bonds is 7.